The topological polar surface area (TPSA) is 25.2 Å². The number of furan rings is 1. The fourth-order valence-corrected chi connectivity index (χ4v) is 3.01. The van der Waals surface area contributed by atoms with Gasteiger partial charge in [-0.05, 0) is 45.3 Å². The molecule has 1 unspecified atom stereocenters. The van der Waals surface area contributed by atoms with Crippen LogP contribution >= 0.6 is 11.8 Å². The van der Waals surface area contributed by atoms with E-state index in [2.05, 4.69) is 11.4 Å². The van der Waals surface area contributed by atoms with Crippen molar-refractivity contribution < 1.29 is 4.42 Å². The third kappa shape index (κ3) is 2.55. The molecule has 1 aromatic rings. The number of nitrogens with one attached hydrogen (secondary N) is 1. The van der Waals surface area contributed by atoms with Crippen LogP contribution in [0.25, 0.3) is 0 Å². The zero-order valence-corrected chi connectivity index (χ0v) is 9.40. The predicted molar refractivity (Wildman–Crippen MR) is 59.8 cm³/mol. The first kappa shape index (κ1) is 10.1. The first-order valence-corrected chi connectivity index (χ1v) is 6.15. The van der Waals surface area contributed by atoms with Gasteiger partial charge in [0.1, 0.15) is 5.76 Å². The van der Waals surface area contributed by atoms with Crippen molar-refractivity contribution in [3.63, 3.8) is 0 Å². The van der Waals surface area contributed by atoms with Crippen LogP contribution in [0.15, 0.2) is 21.6 Å². The summed E-state index contributed by atoms with van der Waals surface area (Å²) in [6.07, 6.45) is 5.68. The summed E-state index contributed by atoms with van der Waals surface area (Å²) in [5.41, 5.74) is 0. The Labute approximate surface area is 89.4 Å². The number of hydrogen-bond acceptors (Lipinski definition) is 3. The lowest BCUT2D eigenvalue weighted by atomic mass is 10.2. The molecular formula is C11H17NOS. The van der Waals surface area contributed by atoms with Crippen LogP contribution in [-0.2, 0) is 0 Å². The quantitative estimate of drug-likeness (QED) is 0.814. The lowest BCUT2D eigenvalue weighted by Crippen LogP contribution is -2.14. The summed E-state index contributed by atoms with van der Waals surface area (Å²) in [5, 5.41) is 4.20. The molecule has 0 saturated carbocycles. The molecule has 1 atom stereocenters. The Kier molecular flexibility index (Phi) is 3.54. The largest absolute Gasteiger partial charge is 0.468 e. The van der Waals surface area contributed by atoms with Crippen LogP contribution in [0, 0.1) is 6.92 Å². The minimum absolute atomic E-state index is 0.765. The van der Waals surface area contributed by atoms with Gasteiger partial charge in [-0.3, -0.25) is 0 Å². The van der Waals surface area contributed by atoms with Gasteiger partial charge in [0.15, 0.2) is 0 Å². The highest BCUT2D eigenvalue weighted by molar-refractivity contribution is 8.00. The summed E-state index contributed by atoms with van der Waals surface area (Å²) in [4.78, 5) is 1.32. The highest BCUT2D eigenvalue weighted by Crippen LogP contribution is 2.31. The summed E-state index contributed by atoms with van der Waals surface area (Å²) in [6.45, 7) is 4.38. The SMILES string of the molecule is Cc1occc1SC1CCCNCC1. The van der Waals surface area contributed by atoms with Crippen molar-refractivity contribution in [2.24, 2.45) is 0 Å². The van der Waals surface area contributed by atoms with Crippen LogP contribution < -0.4 is 5.32 Å². The van der Waals surface area contributed by atoms with Crippen molar-refractivity contribution in [1.29, 1.82) is 0 Å². The van der Waals surface area contributed by atoms with Crippen molar-refractivity contribution >= 4 is 11.8 Å². The molecule has 1 aliphatic rings. The van der Waals surface area contributed by atoms with Gasteiger partial charge in [-0.2, -0.15) is 0 Å². The fourth-order valence-electron chi connectivity index (χ4n) is 1.78. The van der Waals surface area contributed by atoms with E-state index in [1.807, 2.05) is 18.7 Å². The van der Waals surface area contributed by atoms with E-state index >= 15 is 0 Å². The molecule has 2 nitrogen and oxygen atoms in total. The summed E-state index contributed by atoms with van der Waals surface area (Å²) < 4.78 is 5.30. The van der Waals surface area contributed by atoms with Gasteiger partial charge in [0.05, 0.1) is 6.26 Å². The molecule has 0 aromatic carbocycles. The van der Waals surface area contributed by atoms with Crippen LogP contribution in [0.3, 0.4) is 0 Å². The molecule has 1 aliphatic heterocycles. The average molecular weight is 211 g/mol. The van der Waals surface area contributed by atoms with Crippen LogP contribution in [0.2, 0.25) is 0 Å². The Hall–Kier alpha value is -0.410. The van der Waals surface area contributed by atoms with Gasteiger partial charge < -0.3 is 9.73 Å². The van der Waals surface area contributed by atoms with Crippen LogP contribution in [-0.4, -0.2) is 18.3 Å². The second-order valence-electron chi connectivity index (χ2n) is 3.76. The van der Waals surface area contributed by atoms with E-state index < -0.39 is 0 Å². The minimum atomic E-state index is 0.765. The van der Waals surface area contributed by atoms with Gasteiger partial charge >= 0.3 is 0 Å². The maximum Gasteiger partial charge on any atom is 0.114 e. The molecule has 0 amide bonds. The molecule has 14 heavy (non-hydrogen) atoms. The third-order valence-electron chi connectivity index (χ3n) is 2.63. The van der Waals surface area contributed by atoms with Gasteiger partial charge in [0, 0.05) is 10.1 Å². The van der Waals surface area contributed by atoms with Gasteiger partial charge in [-0.25, -0.2) is 0 Å². The summed E-state index contributed by atoms with van der Waals surface area (Å²) >= 11 is 1.98. The minimum Gasteiger partial charge on any atom is -0.468 e. The number of aryl methyl sites for hydroxylation is 1. The second-order valence-corrected chi connectivity index (χ2v) is 5.10. The molecule has 0 spiro atoms. The van der Waals surface area contributed by atoms with Crippen molar-refractivity contribution in [2.45, 2.75) is 36.3 Å². The van der Waals surface area contributed by atoms with E-state index in [0.717, 1.165) is 17.6 Å². The Morgan fingerprint density at radius 1 is 1.43 bits per heavy atom. The predicted octanol–water partition coefficient (Wildman–Crippen LogP) is 2.82. The highest BCUT2D eigenvalue weighted by atomic mass is 32.2. The molecule has 0 radical (unpaired) electrons. The van der Waals surface area contributed by atoms with E-state index in [0.29, 0.717) is 0 Å². The van der Waals surface area contributed by atoms with Crippen LogP contribution in [0.5, 0.6) is 0 Å². The molecule has 0 aliphatic carbocycles. The normalized spacial score (nSPS) is 23.4. The average Bonchev–Trinajstić information content (AvgIpc) is 2.44. The van der Waals surface area contributed by atoms with E-state index in [1.165, 1.54) is 30.7 Å². The Morgan fingerprint density at radius 3 is 3.14 bits per heavy atom. The van der Waals surface area contributed by atoms with E-state index in [-0.39, 0.29) is 0 Å². The van der Waals surface area contributed by atoms with Gasteiger partial charge in [0.25, 0.3) is 0 Å². The summed E-state index contributed by atoms with van der Waals surface area (Å²) in [7, 11) is 0. The fraction of sp³-hybridized carbons (Fsp3) is 0.636. The van der Waals surface area contributed by atoms with Crippen molar-refractivity contribution in [3.05, 3.63) is 18.1 Å². The molecular weight excluding hydrogens is 194 g/mol. The van der Waals surface area contributed by atoms with Gasteiger partial charge in [-0.1, -0.05) is 0 Å². The summed E-state index contributed by atoms with van der Waals surface area (Å²) in [6, 6.07) is 2.08. The third-order valence-corrected chi connectivity index (χ3v) is 4.11. The maximum atomic E-state index is 5.30. The van der Waals surface area contributed by atoms with Crippen molar-refractivity contribution in [1.82, 2.24) is 5.32 Å². The molecule has 1 fully saturated rings. The number of thioether (sulfide) groups is 1. The zero-order chi connectivity index (χ0) is 9.80. The maximum absolute atomic E-state index is 5.30. The highest BCUT2D eigenvalue weighted by Gasteiger charge is 2.14. The van der Waals surface area contributed by atoms with Gasteiger partial charge in [-0.15, -0.1) is 11.8 Å². The van der Waals surface area contributed by atoms with E-state index in [9.17, 15) is 0 Å². The van der Waals surface area contributed by atoms with Crippen molar-refractivity contribution in [2.75, 3.05) is 13.1 Å². The molecule has 78 valence electrons. The first-order chi connectivity index (χ1) is 6.86. The Bertz CT molecular complexity index is 277. The lowest BCUT2D eigenvalue weighted by Gasteiger charge is -2.11. The van der Waals surface area contributed by atoms with Crippen LogP contribution in [0.1, 0.15) is 25.0 Å². The molecule has 1 saturated heterocycles. The molecule has 1 N–H and O–H groups in total. The standard InChI is InChI=1S/C11H17NOS/c1-9-11(5-8-13-9)14-10-3-2-6-12-7-4-10/h5,8,10,12H,2-4,6-7H2,1H3. The lowest BCUT2D eigenvalue weighted by molar-refractivity contribution is 0.526. The van der Waals surface area contributed by atoms with E-state index in [4.69, 9.17) is 4.42 Å². The molecule has 3 heteroatoms. The smallest absolute Gasteiger partial charge is 0.114 e. The molecule has 0 bridgehead atoms. The molecule has 2 heterocycles. The second kappa shape index (κ2) is 4.89. The van der Waals surface area contributed by atoms with Crippen LogP contribution in [0.4, 0.5) is 0 Å². The molecule has 1 aromatic heterocycles. The van der Waals surface area contributed by atoms with Crippen molar-refractivity contribution in [3.8, 4) is 0 Å². The van der Waals surface area contributed by atoms with E-state index in [1.54, 1.807) is 6.26 Å². The summed E-state index contributed by atoms with van der Waals surface area (Å²) in [5.74, 6) is 1.06. The molecule has 2 rings (SSSR count). The first-order valence-electron chi connectivity index (χ1n) is 5.28. The monoisotopic (exact) mass is 211 g/mol. The Balaban J connectivity index is 1.92. The Morgan fingerprint density at radius 2 is 2.36 bits per heavy atom. The number of rotatable bonds is 2. The van der Waals surface area contributed by atoms with Gasteiger partial charge in [0.2, 0.25) is 0 Å². The zero-order valence-electron chi connectivity index (χ0n) is 8.58. The number of hydrogen-bond donors (Lipinski definition) is 1.